The van der Waals surface area contributed by atoms with Crippen LogP contribution in [0.2, 0.25) is 0 Å². The monoisotopic (exact) mass is 1380 g/mol. The van der Waals surface area contributed by atoms with Crippen LogP contribution < -0.4 is 22.8 Å². The first-order chi connectivity index (χ1) is 51.3. The normalized spacial score (nSPS) is 11.7. The smallest absolute Gasteiger partial charge is 0.194 e. The average Bonchev–Trinajstić information content (AvgIpc) is 0.787. The summed E-state index contributed by atoms with van der Waals surface area (Å²) >= 11 is 0. The van der Waals surface area contributed by atoms with Crippen molar-refractivity contribution in [3.05, 3.63) is 325 Å². The molecule has 0 fully saturated rings. The summed E-state index contributed by atoms with van der Waals surface area (Å²) < 4.78 is 34.0. The highest BCUT2D eigenvalue weighted by Gasteiger charge is 2.24. The van der Waals surface area contributed by atoms with E-state index in [0.29, 0.717) is 11.5 Å². The molecule has 0 aliphatic carbocycles. The molecule has 0 radical (unpaired) electrons. The molecule has 0 spiro atoms. The fourth-order valence-electron chi connectivity index (χ4n) is 15.6. The summed E-state index contributed by atoms with van der Waals surface area (Å²) in [7, 11) is 10.7. The van der Waals surface area contributed by atoms with E-state index in [1.165, 1.54) is 177 Å². The standard InChI is InChI=1S/C23H28N.C21H24N.2C19H20N.C18H18N/c1-15(2)12-19-8-7-9-22-20(19)10-11-23(24(22)6)21-14-16(3)13-17(4)18(21)5;1-13-10-15(3)17(5)18(11-13)20-12-16(4)21-14(2)8-7-9-19(21)22(20)6;2*1-13-11-14(2)15(3)17(12-13)19-10-9-16-7-5-6-8-18(16)20(19)4;1-13-8-10-16(14(2)12-13)18-11-9-15-6-4-5-7-17(15)19(18)3/h7-11,13-15H,12H2,1-6H3;7-12H,1-6H3;2*5-12H,1-4H3;4-12H,1-3H3/q5*+1/i;;;;1D3. The van der Waals surface area contributed by atoms with E-state index in [-0.39, 0.29) is 0 Å². The van der Waals surface area contributed by atoms with Gasteiger partial charge in [0, 0.05) is 114 Å². The number of aromatic nitrogens is 5. The number of nitrogens with zero attached hydrogens (tertiary/aromatic N) is 5. The third-order valence-electron chi connectivity index (χ3n) is 21.7. The summed E-state index contributed by atoms with van der Waals surface area (Å²) in [5, 5.41) is 6.49. The minimum Gasteiger partial charge on any atom is -0.194 e. The van der Waals surface area contributed by atoms with Crippen molar-refractivity contribution in [2.75, 3.05) is 0 Å². The molecule has 0 atom stereocenters. The van der Waals surface area contributed by atoms with Crippen LogP contribution in [-0.2, 0) is 41.7 Å². The molecular formula is C100H110N5+5. The van der Waals surface area contributed by atoms with E-state index in [9.17, 15) is 0 Å². The van der Waals surface area contributed by atoms with Crippen molar-refractivity contribution < 1.29 is 26.9 Å². The lowest BCUT2D eigenvalue weighted by molar-refractivity contribution is -0.633. The molecule has 5 heterocycles. The summed E-state index contributed by atoms with van der Waals surface area (Å²) in [4.78, 5) is 0. The summed E-state index contributed by atoms with van der Waals surface area (Å²) in [6.07, 6.45) is 1.12. The first-order valence-corrected chi connectivity index (χ1v) is 37.2. The molecule has 15 rings (SSSR count). The van der Waals surface area contributed by atoms with Crippen LogP contribution in [0, 0.1) is 117 Å². The fraction of sp³-hybridized carbons (Fsp3) is 0.250. The van der Waals surface area contributed by atoms with Gasteiger partial charge in [0.1, 0.15) is 35.2 Å². The lowest BCUT2D eigenvalue weighted by Crippen LogP contribution is -2.32. The lowest BCUT2D eigenvalue weighted by Gasteiger charge is -2.12. The zero-order valence-electron chi connectivity index (χ0n) is 69.5. The Labute approximate surface area is 631 Å². The van der Waals surface area contributed by atoms with Crippen molar-refractivity contribution in [2.24, 2.45) is 41.2 Å². The number of para-hydroxylation sites is 3. The third-order valence-corrected chi connectivity index (χ3v) is 21.7. The molecule has 0 aliphatic heterocycles. The highest BCUT2D eigenvalue weighted by Crippen LogP contribution is 2.33. The third kappa shape index (κ3) is 16.2. The Bertz CT molecular complexity index is 5800. The number of fused-ring (bicyclic) bond motifs is 5. The highest BCUT2D eigenvalue weighted by molar-refractivity contribution is 5.86. The predicted molar refractivity (Wildman–Crippen MR) is 447 cm³/mol. The van der Waals surface area contributed by atoms with E-state index in [1.807, 2.05) is 32.2 Å². The van der Waals surface area contributed by atoms with Gasteiger partial charge in [0.15, 0.2) is 0 Å². The van der Waals surface area contributed by atoms with Gasteiger partial charge in [-0.1, -0.05) is 139 Å². The van der Waals surface area contributed by atoms with Gasteiger partial charge >= 0.3 is 0 Å². The van der Waals surface area contributed by atoms with Gasteiger partial charge in [0.25, 0.3) is 0 Å². The van der Waals surface area contributed by atoms with Crippen LogP contribution in [0.25, 0.3) is 111 Å². The van der Waals surface area contributed by atoms with Gasteiger partial charge in [-0.2, -0.15) is 22.8 Å². The second-order valence-corrected chi connectivity index (χ2v) is 30.0. The number of aryl methyl sites for hydroxylation is 17. The van der Waals surface area contributed by atoms with Gasteiger partial charge in [0.2, 0.25) is 56.1 Å². The second kappa shape index (κ2) is 32.1. The van der Waals surface area contributed by atoms with Gasteiger partial charge in [-0.25, -0.2) is 0 Å². The number of hydrogen-bond donors (Lipinski definition) is 0. The van der Waals surface area contributed by atoms with Crippen LogP contribution >= 0.6 is 0 Å². The molecule has 15 aromatic rings. The fourth-order valence-corrected chi connectivity index (χ4v) is 15.6. The Morgan fingerprint density at radius 3 is 1.02 bits per heavy atom. The van der Waals surface area contributed by atoms with Crippen molar-refractivity contribution in [1.82, 2.24) is 0 Å². The predicted octanol–water partition coefficient (Wildman–Crippen LogP) is 22.8. The minimum absolute atomic E-state index is 0.386. The maximum atomic E-state index is 7.52. The first-order valence-electron chi connectivity index (χ1n) is 38.7. The summed E-state index contributed by atoms with van der Waals surface area (Å²) in [5.74, 6) is 0.669. The topological polar surface area (TPSA) is 19.4 Å². The maximum absolute atomic E-state index is 7.52. The molecule has 105 heavy (non-hydrogen) atoms. The van der Waals surface area contributed by atoms with Crippen LogP contribution in [0.4, 0.5) is 0 Å². The van der Waals surface area contributed by atoms with Crippen LogP contribution in [0.15, 0.2) is 231 Å². The molecule has 10 aromatic carbocycles. The average molecular weight is 1390 g/mol. The zero-order valence-corrected chi connectivity index (χ0v) is 66.5. The summed E-state index contributed by atoms with van der Waals surface area (Å²) in [6, 6.07) is 82.1. The van der Waals surface area contributed by atoms with E-state index in [1.54, 1.807) is 12.1 Å². The van der Waals surface area contributed by atoms with Crippen LogP contribution in [0.3, 0.4) is 0 Å². The summed E-state index contributed by atoms with van der Waals surface area (Å²) in [6.45, 7) is 35.2. The molecule has 5 heteroatoms. The second-order valence-electron chi connectivity index (χ2n) is 30.0. The molecule has 5 nitrogen and oxygen atoms in total. The minimum atomic E-state index is -2.06. The Hall–Kier alpha value is -10.8. The number of pyridine rings is 5. The van der Waals surface area contributed by atoms with Gasteiger partial charge in [0.05, 0.1) is 5.39 Å². The van der Waals surface area contributed by atoms with E-state index in [2.05, 4.69) is 362 Å². The van der Waals surface area contributed by atoms with Crippen molar-refractivity contribution in [3.63, 3.8) is 0 Å². The van der Waals surface area contributed by atoms with Crippen molar-refractivity contribution in [1.29, 1.82) is 0 Å². The zero-order chi connectivity index (χ0) is 77.9. The quantitative estimate of drug-likeness (QED) is 0.142. The van der Waals surface area contributed by atoms with Gasteiger partial charge in [-0.3, -0.25) is 0 Å². The lowest BCUT2D eigenvalue weighted by atomic mass is 9.95. The maximum Gasteiger partial charge on any atom is 0.213 e. The molecule has 0 saturated carbocycles. The molecule has 0 bridgehead atoms. The van der Waals surface area contributed by atoms with Crippen LogP contribution in [0.5, 0.6) is 0 Å². The number of benzene rings is 10. The van der Waals surface area contributed by atoms with E-state index >= 15 is 0 Å². The molecule has 0 aliphatic rings. The molecule has 0 saturated heterocycles. The number of hydrogen-bond acceptors (Lipinski definition) is 0. The Balaban J connectivity index is 0.000000134. The van der Waals surface area contributed by atoms with Gasteiger partial charge < -0.3 is 0 Å². The molecule has 530 valence electrons. The van der Waals surface area contributed by atoms with Crippen molar-refractivity contribution in [2.45, 2.75) is 131 Å². The van der Waals surface area contributed by atoms with E-state index in [0.717, 1.165) is 28.8 Å². The number of rotatable bonds is 7. The summed E-state index contributed by atoms with van der Waals surface area (Å²) in [5.41, 5.74) is 40.5. The highest BCUT2D eigenvalue weighted by atomic mass is 15.0. The molecule has 0 unspecified atom stereocenters. The molecule has 5 aromatic heterocycles. The van der Waals surface area contributed by atoms with E-state index in [4.69, 9.17) is 4.11 Å². The Morgan fingerprint density at radius 1 is 0.267 bits per heavy atom. The van der Waals surface area contributed by atoms with E-state index < -0.39 is 6.85 Å². The molecule has 0 amide bonds. The van der Waals surface area contributed by atoms with Crippen LogP contribution in [-0.4, -0.2) is 0 Å². The van der Waals surface area contributed by atoms with Gasteiger partial charge in [-0.15, -0.1) is 0 Å². The van der Waals surface area contributed by atoms with Crippen molar-refractivity contribution >= 4 is 54.5 Å². The Kier molecular flexibility index (Phi) is 21.8. The van der Waals surface area contributed by atoms with Gasteiger partial charge in [-0.05, 0) is 263 Å². The molecular weight excluding hydrogens is 1270 g/mol. The van der Waals surface area contributed by atoms with Crippen molar-refractivity contribution in [3.8, 4) is 56.3 Å². The SMILES string of the molecule is Cc1cc(C)c(C)c(-c2cc(C)c3c(C)cccc3[n+]2C)c1.Cc1cc(C)c(C)c(-c2ccc3c(CC(C)C)cccc3[n+]2C)c1.Cc1cc(C)c(C)c(-c2ccc3ccccc3[n+]2C)c1.Cc1cc(C)c(C)c(-c2ccc3ccccc3[n+]2C)c1.[2H]C([2H])([2H])c1ccc(-c2ccc3ccccc3[n+]2C)c(C)c1. The Morgan fingerprint density at radius 2 is 0.610 bits per heavy atom. The molecule has 0 N–H and O–H groups in total. The van der Waals surface area contributed by atoms with Crippen LogP contribution in [0.1, 0.15) is 113 Å². The largest absolute Gasteiger partial charge is 0.213 e. The first kappa shape index (κ1) is 71.2.